The van der Waals surface area contributed by atoms with Crippen molar-refractivity contribution in [1.29, 1.82) is 0 Å². The maximum Gasteiger partial charge on any atom is 0.321 e. The Kier molecular flexibility index (Phi) is 8.16. The summed E-state index contributed by atoms with van der Waals surface area (Å²) in [5.41, 5.74) is 0. The molecule has 0 bridgehead atoms. The summed E-state index contributed by atoms with van der Waals surface area (Å²) in [7, 11) is -3.38. The van der Waals surface area contributed by atoms with E-state index < -0.39 is 21.6 Å². The molecule has 0 aromatic heterocycles. The van der Waals surface area contributed by atoms with Crippen LogP contribution in [0.15, 0.2) is 0 Å². The van der Waals surface area contributed by atoms with Crippen molar-refractivity contribution in [3.63, 3.8) is 0 Å². The number of carbonyl (C=O) groups excluding carboxylic acids is 1. The van der Waals surface area contributed by atoms with Crippen LogP contribution in [0.25, 0.3) is 0 Å². The van der Waals surface area contributed by atoms with Gasteiger partial charge in [0.05, 0.1) is 12.4 Å². The molecule has 102 valence electrons. The second kappa shape index (κ2) is 8.47. The van der Waals surface area contributed by atoms with Gasteiger partial charge in [0.15, 0.2) is 9.84 Å². The van der Waals surface area contributed by atoms with Gasteiger partial charge in [0.2, 0.25) is 0 Å². The van der Waals surface area contributed by atoms with E-state index in [1.54, 1.807) is 6.92 Å². The summed E-state index contributed by atoms with van der Waals surface area (Å²) in [4.78, 5) is 11.1. The Labute approximate surface area is 104 Å². The molecular formula is C11H23NO4S. The van der Waals surface area contributed by atoms with E-state index in [-0.39, 0.29) is 18.4 Å². The molecule has 0 saturated heterocycles. The molecular weight excluding hydrogens is 242 g/mol. The van der Waals surface area contributed by atoms with Crippen LogP contribution in [0.4, 0.5) is 0 Å². The Morgan fingerprint density at radius 3 is 2.41 bits per heavy atom. The summed E-state index contributed by atoms with van der Waals surface area (Å²) < 4.78 is 28.1. The third kappa shape index (κ3) is 8.15. The van der Waals surface area contributed by atoms with Crippen LogP contribution in [0.2, 0.25) is 0 Å². The zero-order chi connectivity index (χ0) is 13.3. The number of nitrogens with one attached hydrogen (secondary N) is 1. The van der Waals surface area contributed by atoms with Gasteiger partial charge in [0.25, 0.3) is 0 Å². The smallest absolute Gasteiger partial charge is 0.321 e. The Morgan fingerprint density at radius 2 is 1.94 bits per heavy atom. The fourth-order valence-corrected chi connectivity index (χ4v) is 2.94. The highest BCUT2D eigenvalue weighted by Crippen LogP contribution is 2.00. The SMILES string of the molecule is CCCNC(CC)CS(=O)(=O)CC(=O)OCC. The van der Waals surface area contributed by atoms with Crippen LogP contribution in [0.1, 0.15) is 33.6 Å². The molecule has 0 aromatic rings. The molecule has 0 saturated carbocycles. The molecule has 1 unspecified atom stereocenters. The van der Waals surface area contributed by atoms with Gasteiger partial charge in [-0.25, -0.2) is 8.42 Å². The first kappa shape index (κ1) is 16.4. The predicted molar refractivity (Wildman–Crippen MR) is 67.7 cm³/mol. The number of hydrogen-bond donors (Lipinski definition) is 1. The zero-order valence-corrected chi connectivity index (χ0v) is 11.7. The zero-order valence-electron chi connectivity index (χ0n) is 10.9. The number of hydrogen-bond acceptors (Lipinski definition) is 5. The van der Waals surface area contributed by atoms with E-state index in [0.717, 1.165) is 19.4 Å². The van der Waals surface area contributed by atoms with Gasteiger partial charge >= 0.3 is 5.97 Å². The number of ether oxygens (including phenoxy) is 1. The normalized spacial score (nSPS) is 13.4. The number of rotatable bonds is 9. The second-order valence-electron chi connectivity index (χ2n) is 3.92. The van der Waals surface area contributed by atoms with Crippen LogP contribution in [0, 0.1) is 0 Å². The van der Waals surface area contributed by atoms with Crippen molar-refractivity contribution in [3.8, 4) is 0 Å². The first-order valence-corrected chi connectivity index (χ1v) is 7.86. The minimum Gasteiger partial charge on any atom is -0.465 e. The van der Waals surface area contributed by atoms with Crippen molar-refractivity contribution < 1.29 is 17.9 Å². The van der Waals surface area contributed by atoms with Gasteiger partial charge < -0.3 is 10.1 Å². The molecule has 0 amide bonds. The average molecular weight is 265 g/mol. The van der Waals surface area contributed by atoms with Gasteiger partial charge in [-0.1, -0.05) is 13.8 Å². The molecule has 1 atom stereocenters. The van der Waals surface area contributed by atoms with E-state index in [1.807, 2.05) is 13.8 Å². The van der Waals surface area contributed by atoms with Crippen LogP contribution in [-0.2, 0) is 19.4 Å². The van der Waals surface area contributed by atoms with Crippen molar-refractivity contribution >= 4 is 15.8 Å². The third-order valence-corrected chi connectivity index (χ3v) is 3.86. The quantitative estimate of drug-likeness (QED) is 0.623. The predicted octanol–water partition coefficient (Wildman–Crippen LogP) is 0.743. The van der Waals surface area contributed by atoms with Gasteiger partial charge in [0, 0.05) is 6.04 Å². The van der Waals surface area contributed by atoms with E-state index >= 15 is 0 Å². The van der Waals surface area contributed by atoms with Gasteiger partial charge in [-0.2, -0.15) is 0 Å². The van der Waals surface area contributed by atoms with Gasteiger partial charge in [-0.05, 0) is 26.3 Å². The van der Waals surface area contributed by atoms with E-state index in [1.165, 1.54) is 0 Å². The molecule has 0 heterocycles. The number of carbonyl (C=O) groups is 1. The maximum absolute atomic E-state index is 11.7. The maximum atomic E-state index is 11.7. The van der Waals surface area contributed by atoms with Crippen LogP contribution >= 0.6 is 0 Å². The highest BCUT2D eigenvalue weighted by atomic mass is 32.2. The Hall–Kier alpha value is -0.620. The highest BCUT2D eigenvalue weighted by molar-refractivity contribution is 7.92. The second-order valence-corrected chi connectivity index (χ2v) is 6.03. The largest absolute Gasteiger partial charge is 0.465 e. The minimum absolute atomic E-state index is 0.0116. The summed E-state index contributed by atoms with van der Waals surface area (Å²) in [6.45, 7) is 6.59. The number of sulfone groups is 1. The summed E-state index contributed by atoms with van der Waals surface area (Å²) >= 11 is 0. The van der Waals surface area contributed by atoms with Crippen molar-refractivity contribution in [3.05, 3.63) is 0 Å². The Morgan fingerprint density at radius 1 is 1.29 bits per heavy atom. The Bertz CT molecular complexity index is 313. The highest BCUT2D eigenvalue weighted by Gasteiger charge is 2.21. The van der Waals surface area contributed by atoms with Crippen molar-refractivity contribution in [2.45, 2.75) is 39.7 Å². The average Bonchev–Trinajstić information content (AvgIpc) is 2.23. The lowest BCUT2D eigenvalue weighted by Crippen LogP contribution is -2.37. The molecule has 6 heteroatoms. The standard InChI is InChI=1S/C11H23NO4S/c1-4-7-12-10(5-2)8-17(14,15)9-11(13)16-6-3/h10,12H,4-9H2,1-3H3. The summed E-state index contributed by atoms with van der Waals surface area (Å²) in [5.74, 6) is -1.20. The van der Waals surface area contributed by atoms with Crippen molar-refractivity contribution in [1.82, 2.24) is 5.32 Å². The summed E-state index contributed by atoms with van der Waals surface area (Å²) in [6, 6.07) is -0.0885. The van der Waals surface area contributed by atoms with Gasteiger partial charge in [-0.3, -0.25) is 4.79 Å². The van der Waals surface area contributed by atoms with Gasteiger partial charge in [0.1, 0.15) is 5.75 Å². The van der Waals surface area contributed by atoms with Crippen molar-refractivity contribution in [2.24, 2.45) is 0 Å². The first-order chi connectivity index (χ1) is 7.95. The molecule has 0 aliphatic heterocycles. The monoisotopic (exact) mass is 265 g/mol. The van der Waals surface area contributed by atoms with Crippen LogP contribution in [0.5, 0.6) is 0 Å². The number of esters is 1. The summed E-state index contributed by atoms with van der Waals surface area (Å²) in [5, 5.41) is 3.15. The molecule has 0 aliphatic rings. The fraction of sp³-hybridized carbons (Fsp3) is 0.909. The molecule has 17 heavy (non-hydrogen) atoms. The fourth-order valence-electron chi connectivity index (χ4n) is 1.42. The van der Waals surface area contributed by atoms with Gasteiger partial charge in [-0.15, -0.1) is 0 Å². The van der Waals surface area contributed by atoms with E-state index in [0.29, 0.717) is 0 Å². The first-order valence-electron chi connectivity index (χ1n) is 6.04. The molecule has 0 radical (unpaired) electrons. The molecule has 0 rings (SSSR count). The molecule has 0 spiro atoms. The lowest BCUT2D eigenvalue weighted by atomic mass is 10.2. The van der Waals surface area contributed by atoms with E-state index in [9.17, 15) is 13.2 Å². The molecule has 1 N–H and O–H groups in total. The summed E-state index contributed by atoms with van der Waals surface area (Å²) in [6.07, 6.45) is 1.68. The molecule has 0 aliphatic carbocycles. The molecule has 0 fully saturated rings. The van der Waals surface area contributed by atoms with Crippen LogP contribution < -0.4 is 5.32 Å². The van der Waals surface area contributed by atoms with Crippen LogP contribution in [0.3, 0.4) is 0 Å². The van der Waals surface area contributed by atoms with E-state index in [2.05, 4.69) is 10.1 Å². The topological polar surface area (TPSA) is 72.5 Å². The van der Waals surface area contributed by atoms with Crippen molar-refractivity contribution in [2.75, 3.05) is 24.7 Å². The lowest BCUT2D eigenvalue weighted by molar-refractivity contribution is -0.139. The van der Waals surface area contributed by atoms with Crippen LogP contribution in [-0.4, -0.2) is 45.1 Å². The molecule has 0 aromatic carbocycles. The molecule has 5 nitrogen and oxygen atoms in total. The van der Waals surface area contributed by atoms with E-state index in [4.69, 9.17) is 0 Å². The third-order valence-electron chi connectivity index (χ3n) is 2.27. The minimum atomic E-state index is -3.38. The lowest BCUT2D eigenvalue weighted by Gasteiger charge is -2.16. The Balaban J connectivity index is 4.26.